The monoisotopic (exact) mass is 243 g/mol. The summed E-state index contributed by atoms with van der Waals surface area (Å²) in [6, 6.07) is -0.782. The molecule has 17 heavy (non-hydrogen) atoms. The van der Waals surface area contributed by atoms with E-state index in [4.69, 9.17) is 9.84 Å². The fraction of sp³-hybridized carbons (Fsp3) is 0.833. The van der Waals surface area contributed by atoms with Gasteiger partial charge >= 0.3 is 5.97 Å². The van der Waals surface area contributed by atoms with Gasteiger partial charge in [-0.05, 0) is 18.8 Å². The smallest absolute Gasteiger partial charge is 0.326 e. The van der Waals surface area contributed by atoms with E-state index in [1.807, 2.05) is 13.8 Å². The lowest BCUT2D eigenvalue weighted by molar-refractivity contribution is -0.144. The summed E-state index contributed by atoms with van der Waals surface area (Å²) < 4.78 is 5.17. The molecule has 1 fully saturated rings. The number of ether oxygens (including phenoxy) is 1. The molecule has 1 unspecified atom stereocenters. The van der Waals surface area contributed by atoms with Gasteiger partial charge in [0.2, 0.25) is 5.91 Å². The molecule has 5 nitrogen and oxygen atoms in total. The topological polar surface area (TPSA) is 75.6 Å². The molecule has 0 radical (unpaired) electrons. The normalized spacial score (nSPS) is 20.6. The number of aliphatic carboxylic acids is 1. The van der Waals surface area contributed by atoms with Crippen LogP contribution < -0.4 is 5.32 Å². The molecule has 0 aromatic heterocycles. The fourth-order valence-corrected chi connectivity index (χ4v) is 1.91. The van der Waals surface area contributed by atoms with Crippen LogP contribution in [-0.4, -0.2) is 36.2 Å². The predicted octanol–water partition coefficient (Wildman–Crippen LogP) is 1.03. The molecule has 0 spiro atoms. The third-order valence-corrected chi connectivity index (χ3v) is 3.37. The third kappa shape index (κ3) is 4.00. The first kappa shape index (κ1) is 14.0. The Morgan fingerprint density at radius 2 is 2.00 bits per heavy atom. The molecule has 2 N–H and O–H groups in total. The second kappa shape index (κ2) is 6.59. The highest BCUT2D eigenvalue weighted by Gasteiger charge is 2.29. The quantitative estimate of drug-likeness (QED) is 0.756. The van der Waals surface area contributed by atoms with Gasteiger partial charge in [0.1, 0.15) is 6.04 Å². The lowest BCUT2D eigenvalue weighted by atomic mass is 9.95. The maximum Gasteiger partial charge on any atom is 0.326 e. The molecule has 1 aliphatic heterocycles. The van der Waals surface area contributed by atoms with Gasteiger partial charge in [-0.1, -0.05) is 20.3 Å². The largest absolute Gasteiger partial charge is 0.480 e. The summed E-state index contributed by atoms with van der Waals surface area (Å²) in [5.74, 6) is -1.27. The highest BCUT2D eigenvalue weighted by atomic mass is 16.5. The Bertz CT molecular complexity index is 274. The molecule has 0 aromatic carbocycles. The average molecular weight is 243 g/mol. The highest BCUT2D eigenvalue weighted by molar-refractivity contribution is 5.85. The van der Waals surface area contributed by atoms with Crippen molar-refractivity contribution in [1.82, 2.24) is 5.32 Å². The maximum atomic E-state index is 11.9. The van der Waals surface area contributed by atoms with Crippen molar-refractivity contribution in [3.63, 3.8) is 0 Å². The molecule has 1 heterocycles. The summed E-state index contributed by atoms with van der Waals surface area (Å²) in [5, 5.41) is 11.7. The van der Waals surface area contributed by atoms with E-state index in [0.29, 0.717) is 26.1 Å². The Morgan fingerprint density at radius 1 is 1.41 bits per heavy atom. The molecule has 5 heteroatoms. The van der Waals surface area contributed by atoms with E-state index in [1.165, 1.54) is 0 Å². The highest BCUT2D eigenvalue weighted by Crippen LogP contribution is 2.16. The van der Waals surface area contributed by atoms with Crippen molar-refractivity contribution in [1.29, 1.82) is 0 Å². The summed E-state index contributed by atoms with van der Waals surface area (Å²) in [5.41, 5.74) is 0. The molecule has 0 aliphatic carbocycles. The first-order valence-electron chi connectivity index (χ1n) is 6.17. The van der Waals surface area contributed by atoms with E-state index in [9.17, 15) is 9.59 Å². The number of amides is 1. The van der Waals surface area contributed by atoms with Gasteiger partial charge in [-0.15, -0.1) is 0 Å². The molecule has 0 saturated carbocycles. The molecule has 2 atom stereocenters. The minimum atomic E-state index is -0.959. The standard InChI is InChI=1S/C12H21NO4/c1-3-8(2)10(12(15)16)13-11(14)9-4-6-17-7-5-9/h8-10H,3-7H2,1-2H3,(H,13,14)(H,15,16)/t8?,10-/m0/s1. The molecule has 1 saturated heterocycles. The number of nitrogens with one attached hydrogen (secondary N) is 1. The van der Waals surface area contributed by atoms with Crippen molar-refractivity contribution in [3.05, 3.63) is 0 Å². The zero-order chi connectivity index (χ0) is 12.8. The summed E-state index contributed by atoms with van der Waals surface area (Å²) in [6.07, 6.45) is 2.09. The van der Waals surface area contributed by atoms with E-state index in [1.54, 1.807) is 0 Å². The minimum Gasteiger partial charge on any atom is -0.480 e. The lowest BCUT2D eigenvalue weighted by Gasteiger charge is -2.25. The Kier molecular flexibility index (Phi) is 5.41. The van der Waals surface area contributed by atoms with Crippen molar-refractivity contribution >= 4 is 11.9 Å². The van der Waals surface area contributed by atoms with Crippen LogP contribution >= 0.6 is 0 Å². The molecular formula is C12H21NO4. The Hall–Kier alpha value is -1.10. The van der Waals surface area contributed by atoms with E-state index in [0.717, 1.165) is 6.42 Å². The van der Waals surface area contributed by atoms with Gasteiger partial charge in [0, 0.05) is 19.1 Å². The Balaban J connectivity index is 2.53. The second-order valence-electron chi connectivity index (χ2n) is 4.60. The minimum absolute atomic E-state index is 0.0590. The van der Waals surface area contributed by atoms with Crippen LogP contribution in [0.1, 0.15) is 33.1 Å². The van der Waals surface area contributed by atoms with Crippen molar-refractivity contribution in [2.75, 3.05) is 13.2 Å². The zero-order valence-corrected chi connectivity index (χ0v) is 10.4. The maximum absolute atomic E-state index is 11.9. The van der Waals surface area contributed by atoms with Gasteiger partial charge in [0.15, 0.2) is 0 Å². The van der Waals surface area contributed by atoms with Gasteiger partial charge in [0.05, 0.1) is 0 Å². The molecule has 1 aliphatic rings. The number of hydrogen-bond acceptors (Lipinski definition) is 3. The van der Waals surface area contributed by atoms with Crippen LogP contribution in [0.5, 0.6) is 0 Å². The van der Waals surface area contributed by atoms with Crippen molar-refractivity contribution in [3.8, 4) is 0 Å². The number of rotatable bonds is 5. The first-order chi connectivity index (χ1) is 8.06. The predicted molar refractivity (Wildman–Crippen MR) is 62.6 cm³/mol. The van der Waals surface area contributed by atoms with E-state index < -0.39 is 12.0 Å². The number of carboxylic acids is 1. The van der Waals surface area contributed by atoms with Crippen LogP contribution in [0.3, 0.4) is 0 Å². The van der Waals surface area contributed by atoms with E-state index in [2.05, 4.69) is 5.32 Å². The SMILES string of the molecule is CCC(C)[C@H](NC(=O)C1CCOCC1)C(=O)O. The first-order valence-corrected chi connectivity index (χ1v) is 6.17. The molecule has 0 bridgehead atoms. The Morgan fingerprint density at radius 3 is 2.47 bits per heavy atom. The third-order valence-electron chi connectivity index (χ3n) is 3.37. The molecule has 1 amide bonds. The number of hydrogen-bond donors (Lipinski definition) is 2. The molecular weight excluding hydrogens is 222 g/mol. The summed E-state index contributed by atoms with van der Waals surface area (Å²) in [4.78, 5) is 23.0. The summed E-state index contributed by atoms with van der Waals surface area (Å²) >= 11 is 0. The molecule has 1 rings (SSSR count). The number of carbonyl (C=O) groups is 2. The average Bonchev–Trinajstić information content (AvgIpc) is 2.35. The van der Waals surface area contributed by atoms with Crippen LogP contribution in [0.15, 0.2) is 0 Å². The van der Waals surface area contributed by atoms with Crippen molar-refractivity contribution in [2.24, 2.45) is 11.8 Å². The van der Waals surface area contributed by atoms with Crippen LogP contribution in [0.4, 0.5) is 0 Å². The van der Waals surface area contributed by atoms with Gasteiger partial charge < -0.3 is 15.2 Å². The van der Waals surface area contributed by atoms with Gasteiger partial charge in [-0.2, -0.15) is 0 Å². The lowest BCUT2D eigenvalue weighted by Crippen LogP contribution is -2.48. The van der Waals surface area contributed by atoms with E-state index in [-0.39, 0.29) is 17.7 Å². The van der Waals surface area contributed by atoms with E-state index >= 15 is 0 Å². The summed E-state index contributed by atoms with van der Waals surface area (Å²) in [6.45, 7) is 4.92. The zero-order valence-electron chi connectivity index (χ0n) is 10.4. The van der Waals surface area contributed by atoms with Gasteiger partial charge in [-0.25, -0.2) is 4.79 Å². The van der Waals surface area contributed by atoms with Crippen LogP contribution in [-0.2, 0) is 14.3 Å². The van der Waals surface area contributed by atoms with Crippen molar-refractivity contribution < 1.29 is 19.4 Å². The van der Waals surface area contributed by atoms with Gasteiger partial charge in [-0.3, -0.25) is 4.79 Å². The summed E-state index contributed by atoms with van der Waals surface area (Å²) in [7, 11) is 0. The molecule has 98 valence electrons. The molecule has 0 aromatic rings. The van der Waals surface area contributed by atoms with Crippen LogP contribution in [0.2, 0.25) is 0 Å². The number of carbonyl (C=O) groups excluding carboxylic acids is 1. The van der Waals surface area contributed by atoms with Crippen LogP contribution in [0.25, 0.3) is 0 Å². The van der Waals surface area contributed by atoms with Crippen molar-refractivity contribution in [2.45, 2.75) is 39.2 Å². The van der Waals surface area contributed by atoms with Crippen LogP contribution in [0, 0.1) is 11.8 Å². The van der Waals surface area contributed by atoms with Gasteiger partial charge in [0.25, 0.3) is 0 Å². The fourth-order valence-electron chi connectivity index (χ4n) is 1.91. The Labute approximate surface area is 102 Å². The number of carboxylic acid groups (broad SMARTS) is 1. The second-order valence-corrected chi connectivity index (χ2v) is 4.60.